The summed E-state index contributed by atoms with van der Waals surface area (Å²) >= 11 is 0. The second-order valence-corrected chi connectivity index (χ2v) is 14.9. The number of allylic oxidation sites excluding steroid dienone is 7. The van der Waals surface area contributed by atoms with Crippen molar-refractivity contribution >= 4 is 39.3 Å². The quantitative estimate of drug-likeness (QED) is 0.138. The molecule has 0 unspecified atom stereocenters. The van der Waals surface area contributed by atoms with E-state index in [9.17, 15) is 0 Å². The molecule has 0 atom stereocenters. The van der Waals surface area contributed by atoms with Crippen molar-refractivity contribution in [1.82, 2.24) is 24.5 Å². The summed E-state index contributed by atoms with van der Waals surface area (Å²) < 4.78 is 8.87. The first-order chi connectivity index (χ1) is 27.7. The fourth-order valence-electron chi connectivity index (χ4n) is 8.12. The Labute approximate surface area is 332 Å². The molecule has 0 saturated heterocycles. The van der Waals surface area contributed by atoms with Gasteiger partial charge in [-0.05, 0) is 84.1 Å². The van der Waals surface area contributed by atoms with Gasteiger partial charge < -0.3 is 8.98 Å². The van der Waals surface area contributed by atoms with E-state index in [2.05, 4.69) is 94.0 Å². The van der Waals surface area contributed by atoms with Gasteiger partial charge in [0, 0.05) is 44.5 Å². The highest BCUT2D eigenvalue weighted by Crippen LogP contribution is 2.50. The second-order valence-electron chi connectivity index (χ2n) is 14.9. The van der Waals surface area contributed by atoms with Gasteiger partial charge in [0.1, 0.15) is 5.52 Å². The SMILES string of the molecule is C=C/C=C\c1c(C)c2cc3c(cc2n1/C(C)=C/C(=C\C=C)c1nc2ccc(-c4nc(-c5ccccc5)nc(-c5ccccc5)n4)cc2o1)C(C)(C)c1ccccc1-3. The summed E-state index contributed by atoms with van der Waals surface area (Å²) in [5, 5.41) is 1.21. The lowest BCUT2D eigenvalue weighted by atomic mass is 9.82. The molecule has 1 aliphatic rings. The van der Waals surface area contributed by atoms with E-state index >= 15 is 0 Å². The standard InChI is InChI=1S/C51H41N5O/c1-7-9-25-44-33(4)39-30-40-38-23-16-17-24-41(38)51(5,6)42(40)31-45(39)56(44)32(3)28-37(18-8-2)50-52-43-27-26-36(29-46(43)57-50)49-54-47(34-19-12-10-13-20-34)53-48(55-49)35-21-14-11-15-22-35/h7-31H,1-2H2,3-6H3/b25-9-,32-28+,37-18+. The molecule has 57 heavy (non-hydrogen) atoms. The van der Waals surface area contributed by atoms with Gasteiger partial charge in [-0.2, -0.15) is 0 Å². The Balaban J connectivity index is 1.14. The van der Waals surface area contributed by atoms with Crippen LogP contribution in [0.1, 0.15) is 49.0 Å². The average Bonchev–Trinajstić information content (AvgIpc) is 3.87. The van der Waals surface area contributed by atoms with Crippen molar-refractivity contribution in [2.75, 3.05) is 0 Å². The van der Waals surface area contributed by atoms with E-state index in [4.69, 9.17) is 24.4 Å². The average molecular weight is 740 g/mol. The molecule has 3 aromatic heterocycles. The van der Waals surface area contributed by atoms with Gasteiger partial charge >= 0.3 is 0 Å². The van der Waals surface area contributed by atoms with Crippen molar-refractivity contribution in [1.29, 1.82) is 0 Å². The second kappa shape index (κ2) is 14.2. The van der Waals surface area contributed by atoms with Gasteiger partial charge in [-0.15, -0.1) is 0 Å². The first kappa shape index (κ1) is 35.5. The smallest absolute Gasteiger partial charge is 0.227 e. The number of aryl methyl sites for hydroxylation is 1. The summed E-state index contributed by atoms with van der Waals surface area (Å²) in [5.41, 5.74) is 14.4. The molecule has 3 heterocycles. The van der Waals surface area contributed by atoms with Crippen LogP contribution in [-0.2, 0) is 5.41 Å². The van der Waals surface area contributed by atoms with Gasteiger partial charge in [0.15, 0.2) is 23.1 Å². The van der Waals surface area contributed by atoms with Crippen molar-refractivity contribution in [2.24, 2.45) is 0 Å². The number of fused-ring (bicyclic) bond motifs is 5. The summed E-state index contributed by atoms with van der Waals surface area (Å²) in [6, 6.07) is 39.3. The Bertz CT molecular complexity index is 2920. The lowest BCUT2D eigenvalue weighted by Gasteiger charge is -2.21. The minimum Gasteiger partial charge on any atom is -0.436 e. The third kappa shape index (κ3) is 6.16. The molecule has 0 aliphatic heterocycles. The number of hydrogen-bond acceptors (Lipinski definition) is 5. The van der Waals surface area contributed by atoms with E-state index in [1.54, 1.807) is 6.08 Å². The third-order valence-corrected chi connectivity index (χ3v) is 11.0. The fourth-order valence-corrected chi connectivity index (χ4v) is 8.12. The van der Waals surface area contributed by atoms with Crippen LogP contribution in [0.5, 0.6) is 0 Å². The number of rotatable bonds is 9. The zero-order chi connectivity index (χ0) is 39.3. The molecule has 1 aliphatic carbocycles. The van der Waals surface area contributed by atoms with E-state index in [-0.39, 0.29) is 5.41 Å². The molecule has 9 rings (SSSR count). The molecule has 0 bridgehead atoms. The Morgan fingerprint density at radius 2 is 1.33 bits per heavy atom. The normalized spacial score (nSPS) is 13.7. The lowest BCUT2D eigenvalue weighted by molar-refractivity contribution is 0.586. The van der Waals surface area contributed by atoms with Crippen LogP contribution in [0.3, 0.4) is 0 Å². The maximum atomic E-state index is 6.54. The predicted molar refractivity (Wildman–Crippen MR) is 235 cm³/mol. The Kier molecular flexibility index (Phi) is 8.82. The molecule has 0 fully saturated rings. The van der Waals surface area contributed by atoms with E-state index < -0.39 is 0 Å². The van der Waals surface area contributed by atoms with Crippen LogP contribution in [0.25, 0.3) is 84.6 Å². The van der Waals surface area contributed by atoms with E-state index in [1.807, 2.05) is 97.1 Å². The maximum Gasteiger partial charge on any atom is 0.227 e. The molecule has 0 amide bonds. The largest absolute Gasteiger partial charge is 0.436 e. The Morgan fingerprint density at radius 1 is 0.684 bits per heavy atom. The number of benzene rings is 5. The van der Waals surface area contributed by atoms with Crippen LogP contribution >= 0.6 is 0 Å². The Hall–Kier alpha value is -7.18. The summed E-state index contributed by atoms with van der Waals surface area (Å²) in [4.78, 5) is 19.6. The molecule has 0 spiro atoms. The van der Waals surface area contributed by atoms with Gasteiger partial charge in [0.25, 0.3) is 0 Å². The van der Waals surface area contributed by atoms with Gasteiger partial charge in [0.05, 0.1) is 5.52 Å². The molecule has 6 nitrogen and oxygen atoms in total. The summed E-state index contributed by atoms with van der Waals surface area (Å²) in [6.45, 7) is 17.0. The van der Waals surface area contributed by atoms with E-state index in [0.717, 1.165) is 44.7 Å². The maximum absolute atomic E-state index is 6.54. The number of hydrogen-bond donors (Lipinski definition) is 0. The van der Waals surface area contributed by atoms with Crippen molar-refractivity contribution in [3.63, 3.8) is 0 Å². The molecule has 0 radical (unpaired) electrons. The zero-order valence-corrected chi connectivity index (χ0v) is 32.5. The molecule has 0 saturated carbocycles. The summed E-state index contributed by atoms with van der Waals surface area (Å²) in [7, 11) is 0. The topological polar surface area (TPSA) is 69.6 Å². The van der Waals surface area contributed by atoms with Crippen molar-refractivity contribution in [3.05, 3.63) is 187 Å². The molecule has 6 heteroatoms. The molecule has 5 aromatic carbocycles. The molecular formula is C51H41N5O. The lowest BCUT2D eigenvalue weighted by Crippen LogP contribution is -2.15. The highest BCUT2D eigenvalue weighted by molar-refractivity contribution is 5.98. The molecule has 0 N–H and O–H groups in total. The minimum atomic E-state index is -0.129. The van der Waals surface area contributed by atoms with Crippen LogP contribution in [-0.4, -0.2) is 24.5 Å². The Morgan fingerprint density at radius 3 is 2.00 bits per heavy atom. The van der Waals surface area contributed by atoms with Gasteiger partial charge in [0.2, 0.25) is 5.89 Å². The van der Waals surface area contributed by atoms with Crippen LogP contribution < -0.4 is 0 Å². The number of nitrogens with zero attached hydrogens (tertiary/aromatic N) is 5. The van der Waals surface area contributed by atoms with Crippen LogP contribution in [0.4, 0.5) is 0 Å². The van der Waals surface area contributed by atoms with Crippen molar-refractivity contribution < 1.29 is 4.42 Å². The highest BCUT2D eigenvalue weighted by Gasteiger charge is 2.36. The van der Waals surface area contributed by atoms with Crippen LogP contribution in [0, 0.1) is 6.92 Å². The van der Waals surface area contributed by atoms with Crippen LogP contribution in [0.15, 0.2) is 163 Å². The van der Waals surface area contributed by atoms with Crippen molar-refractivity contribution in [3.8, 4) is 45.3 Å². The first-order valence-electron chi connectivity index (χ1n) is 19.1. The zero-order valence-electron chi connectivity index (χ0n) is 32.5. The minimum absolute atomic E-state index is 0.129. The highest BCUT2D eigenvalue weighted by atomic mass is 16.3. The summed E-state index contributed by atoms with van der Waals surface area (Å²) in [5.74, 6) is 2.24. The number of oxazole rings is 1. The first-order valence-corrected chi connectivity index (χ1v) is 19.1. The molecule has 8 aromatic rings. The van der Waals surface area contributed by atoms with Crippen LogP contribution in [0.2, 0.25) is 0 Å². The fraction of sp³-hybridized carbons (Fsp3) is 0.0980. The molecular weight excluding hydrogens is 699 g/mol. The van der Waals surface area contributed by atoms with Gasteiger partial charge in [-0.3, -0.25) is 0 Å². The van der Waals surface area contributed by atoms with Gasteiger partial charge in [-0.1, -0.05) is 136 Å². The third-order valence-electron chi connectivity index (χ3n) is 11.0. The monoisotopic (exact) mass is 739 g/mol. The van der Waals surface area contributed by atoms with Gasteiger partial charge in [-0.25, -0.2) is 19.9 Å². The van der Waals surface area contributed by atoms with E-state index in [1.165, 1.54) is 33.2 Å². The van der Waals surface area contributed by atoms with E-state index in [0.29, 0.717) is 28.9 Å². The summed E-state index contributed by atoms with van der Waals surface area (Å²) in [6.07, 6.45) is 11.8. The number of aromatic nitrogens is 5. The molecule has 276 valence electrons. The van der Waals surface area contributed by atoms with Crippen molar-refractivity contribution in [2.45, 2.75) is 33.1 Å². The predicted octanol–water partition coefficient (Wildman–Crippen LogP) is 12.9.